The summed E-state index contributed by atoms with van der Waals surface area (Å²) in [5, 5.41) is 14.0. The van der Waals surface area contributed by atoms with Gasteiger partial charge in [-0.2, -0.15) is 0 Å². The lowest BCUT2D eigenvalue weighted by molar-refractivity contribution is -0.137. The van der Waals surface area contributed by atoms with Crippen molar-refractivity contribution in [3.63, 3.8) is 0 Å². The molecule has 1 aromatic rings. The Bertz CT molecular complexity index is 406. The largest absolute Gasteiger partial charge is 0.481 e. The number of hydrogen-bond donors (Lipinski definition) is 3. The summed E-state index contributed by atoms with van der Waals surface area (Å²) in [6.07, 6.45) is 1.30. The third-order valence-electron chi connectivity index (χ3n) is 2.77. The van der Waals surface area contributed by atoms with Gasteiger partial charge in [-0.3, -0.25) is 4.79 Å². The van der Waals surface area contributed by atoms with E-state index in [-0.39, 0.29) is 18.5 Å². The smallest absolute Gasteiger partial charge is 0.315 e. The Morgan fingerprint density at radius 1 is 1.26 bits per heavy atom. The number of carbonyl (C=O) groups excluding carboxylic acids is 1. The standard InChI is InChI=1S/C14H20N2O3/c1-2-12(11-7-4-3-5-8-11)16-14(19)15-10-6-9-13(17)18/h3-5,7-8,12H,2,6,9-10H2,1H3,(H,17,18)(H2,15,16,19). The van der Waals surface area contributed by atoms with Crippen molar-refractivity contribution >= 4 is 12.0 Å². The molecular weight excluding hydrogens is 244 g/mol. The van der Waals surface area contributed by atoms with Gasteiger partial charge in [0.25, 0.3) is 0 Å². The highest BCUT2D eigenvalue weighted by Gasteiger charge is 2.11. The molecule has 19 heavy (non-hydrogen) atoms. The van der Waals surface area contributed by atoms with Crippen LogP contribution in [0.2, 0.25) is 0 Å². The van der Waals surface area contributed by atoms with Gasteiger partial charge in [0.05, 0.1) is 6.04 Å². The molecule has 5 heteroatoms. The second kappa shape index (κ2) is 8.13. The van der Waals surface area contributed by atoms with Crippen molar-refractivity contribution in [2.45, 2.75) is 32.2 Å². The molecule has 0 heterocycles. The SMILES string of the molecule is CCC(NC(=O)NCCCC(=O)O)c1ccccc1. The number of nitrogens with one attached hydrogen (secondary N) is 2. The van der Waals surface area contributed by atoms with Crippen LogP contribution >= 0.6 is 0 Å². The maximum absolute atomic E-state index is 11.7. The molecule has 0 saturated carbocycles. The van der Waals surface area contributed by atoms with E-state index in [1.54, 1.807) is 0 Å². The van der Waals surface area contributed by atoms with Crippen LogP contribution in [0.5, 0.6) is 0 Å². The van der Waals surface area contributed by atoms with Gasteiger partial charge in [0, 0.05) is 13.0 Å². The molecule has 0 spiro atoms. The summed E-state index contributed by atoms with van der Waals surface area (Å²) in [6, 6.07) is 9.45. The lowest BCUT2D eigenvalue weighted by Crippen LogP contribution is -2.38. The Labute approximate surface area is 113 Å². The molecule has 104 valence electrons. The van der Waals surface area contributed by atoms with Crippen LogP contribution in [0.3, 0.4) is 0 Å². The van der Waals surface area contributed by atoms with Crippen LogP contribution in [0.25, 0.3) is 0 Å². The summed E-state index contributed by atoms with van der Waals surface area (Å²) in [4.78, 5) is 22.0. The number of carboxylic acid groups (broad SMARTS) is 1. The van der Waals surface area contributed by atoms with E-state index >= 15 is 0 Å². The number of carboxylic acids is 1. The van der Waals surface area contributed by atoms with Crippen molar-refractivity contribution in [1.29, 1.82) is 0 Å². The molecule has 3 N–H and O–H groups in total. The number of hydrogen-bond acceptors (Lipinski definition) is 2. The molecule has 2 amide bonds. The molecular formula is C14H20N2O3. The molecule has 5 nitrogen and oxygen atoms in total. The summed E-state index contributed by atoms with van der Waals surface area (Å²) < 4.78 is 0. The molecule has 0 aromatic heterocycles. The molecule has 0 fully saturated rings. The predicted molar refractivity (Wildman–Crippen MR) is 72.9 cm³/mol. The van der Waals surface area contributed by atoms with Gasteiger partial charge in [-0.05, 0) is 18.4 Å². The second-order valence-electron chi connectivity index (χ2n) is 4.27. The van der Waals surface area contributed by atoms with Crippen molar-refractivity contribution in [3.05, 3.63) is 35.9 Å². The first-order valence-corrected chi connectivity index (χ1v) is 6.44. The van der Waals surface area contributed by atoms with Crippen LogP contribution in [-0.2, 0) is 4.79 Å². The van der Waals surface area contributed by atoms with Gasteiger partial charge in [0.2, 0.25) is 0 Å². The number of amides is 2. The van der Waals surface area contributed by atoms with Gasteiger partial charge in [-0.1, -0.05) is 37.3 Å². The monoisotopic (exact) mass is 264 g/mol. The minimum absolute atomic E-state index is 0.0272. The van der Waals surface area contributed by atoms with E-state index in [0.29, 0.717) is 13.0 Å². The summed E-state index contributed by atoms with van der Waals surface area (Å²) in [5.41, 5.74) is 1.06. The first-order valence-electron chi connectivity index (χ1n) is 6.44. The van der Waals surface area contributed by atoms with Crippen LogP contribution in [0.15, 0.2) is 30.3 Å². The third-order valence-corrected chi connectivity index (χ3v) is 2.77. The maximum Gasteiger partial charge on any atom is 0.315 e. The Balaban J connectivity index is 2.35. The van der Waals surface area contributed by atoms with E-state index in [1.165, 1.54) is 0 Å². The number of carbonyl (C=O) groups is 2. The Morgan fingerprint density at radius 2 is 1.95 bits per heavy atom. The predicted octanol–water partition coefficient (Wildman–Crippen LogP) is 2.30. The van der Waals surface area contributed by atoms with Crippen LogP contribution in [0, 0.1) is 0 Å². The highest BCUT2D eigenvalue weighted by molar-refractivity contribution is 5.74. The molecule has 0 aliphatic carbocycles. The normalized spacial score (nSPS) is 11.6. The molecule has 1 aromatic carbocycles. The first kappa shape index (κ1) is 15.0. The second-order valence-corrected chi connectivity index (χ2v) is 4.27. The molecule has 0 bridgehead atoms. The Morgan fingerprint density at radius 3 is 2.53 bits per heavy atom. The van der Waals surface area contributed by atoms with E-state index in [2.05, 4.69) is 10.6 Å². The average Bonchev–Trinajstić information content (AvgIpc) is 2.41. The minimum Gasteiger partial charge on any atom is -0.481 e. The van der Waals surface area contributed by atoms with Crippen LogP contribution < -0.4 is 10.6 Å². The van der Waals surface area contributed by atoms with E-state index in [4.69, 9.17) is 5.11 Å². The average molecular weight is 264 g/mol. The van der Waals surface area contributed by atoms with Crippen molar-refractivity contribution in [1.82, 2.24) is 10.6 Å². The minimum atomic E-state index is -0.849. The third kappa shape index (κ3) is 5.90. The van der Waals surface area contributed by atoms with Crippen molar-refractivity contribution in [3.8, 4) is 0 Å². The van der Waals surface area contributed by atoms with Crippen LogP contribution in [0.1, 0.15) is 37.8 Å². The lowest BCUT2D eigenvalue weighted by atomic mass is 10.1. The van der Waals surface area contributed by atoms with Gasteiger partial charge < -0.3 is 15.7 Å². The Kier molecular flexibility index (Phi) is 6.43. The van der Waals surface area contributed by atoms with Crippen LogP contribution in [-0.4, -0.2) is 23.7 Å². The maximum atomic E-state index is 11.7. The first-order chi connectivity index (χ1) is 9.13. The van der Waals surface area contributed by atoms with E-state index in [0.717, 1.165) is 12.0 Å². The molecule has 0 radical (unpaired) electrons. The van der Waals surface area contributed by atoms with Gasteiger partial charge >= 0.3 is 12.0 Å². The molecule has 1 atom stereocenters. The van der Waals surface area contributed by atoms with Gasteiger partial charge in [0.1, 0.15) is 0 Å². The van der Waals surface area contributed by atoms with Gasteiger partial charge in [-0.15, -0.1) is 0 Å². The molecule has 1 unspecified atom stereocenters. The molecule has 0 saturated heterocycles. The van der Waals surface area contributed by atoms with Crippen molar-refractivity contribution in [2.24, 2.45) is 0 Å². The fraction of sp³-hybridized carbons (Fsp3) is 0.429. The van der Waals surface area contributed by atoms with Crippen molar-refractivity contribution < 1.29 is 14.7 Å². The fourth-order valence-electron chi connectivity index (χ4n) is 1.76. The van der Waals surface area contributed by atoms with E-state index in [1.807, 2.05) is 37.3 Å². The van der Waals surface area contributed by atoms with E-state index in [9.17, 15) is 9.59 Å². The highest BCUT2D eigenvalue weighted by atomic mass is 16.4. The summed E-state index contributed by atoms with van der Waals surface area (Å²) in [5.74, 6) is -0.849. The zero-order valence-corrected chi connectivity index (χ0v) is 11.1. The summed E-state index contributed by atoms with van der Waals surface area (Å²) in [7, 11) is 0. The fourth-order valence-corrected chi connectivity index (χ4v) is 1.76. The Hall–Kier alpha value is -2.04. The number of urea groups is 1. The summed E-state index contributed by atoms with van der Waals surface area (Å²) in [6.45, 7) is 2.37. The zero-order valence-electron chi connectivity index (χ0n) is 11.1. The number of benzene rings is 1. The number of rotatable bonds is 7. The molecule has 0 aliphatic heterocycles. The number of aliphatic carboxylic acids is 1. The van der Waals surface area contributed by atoms with Gasteiger partial charge in [-0.25, -0.2) is 4.79 Å². The van der Waals surface area contributed by atoms with Gasteiger partial charge in [0.15, 0.2) is 0 Å². The summed E-state index contributed by atoms with van der Waals surface area (Å²) >= 11 is 0. The van der Waals surface area contributed by atoms with Crippen molar-refractivity contribution in [2.75, 3.05) is 6.54 Å². The quantitative estimate of drug-likeness (QED) is 0.661. The van der Waals surface area contributed by atoms with Crippen LogP contribution in [0.4, 0.5) is 4.79 Å². The van der Waals surface area contributed by atoms with E-state index < -0.39 is 5.97 Å². The topological polar surface area (TPSA) is 78.4 Å². The zero-order chi connectivity index (χ0) is 14.1. The lowest BCUT2D eigenvalue weighted by Gasteiger charge is -2.17. The molecule has 0 aliphatic rings. The molecule has 1 rings (SSSR count). The highest BCUT2D eigenvalue weighted by Crippen LogP contribution is 2.15.